The van der Waals surface area contributed by atoms with Crippen LogP contribution in [0, 0.1) is 19.8 Å². The lowest BCUT2D eigenvalue weighted by molar-refractivity contribution is -0.137. The van der Waals surface area contributed by atoms with Crippen LogP contribution in [-0.2, 0) is 20.9 Å². The summed E-state index contributed by atoms with van der Waals surface area (Å²) in [6, 6.07) is 15.9. The maximum Gasteiger partial charge on any atom is 0.338 e. The van der Waals surface area contributed by atoms with E-state index in [1.54, 1.807) is 29.2 Å². The molecule has 0 radical (unpaired) electrons. The number of aryl methyl sites for hydroxylation is 2. The molecule has 188 valence electrons. The zero-order valence-electron chi connectivity index (χ0n) is 20.4. The maximum atomic E-state index is 12.6. The van der Waals surface area contributed by atoms with Crippen molar-refractivity contribution in [1.82, 2.24) is 10.1 Å². The molecule has 9 heteroatoms. The van der Waals surface area contributed by atoms with Gasteiger partial charge >= 0.3 is 5.97 Å². The van der Waals surface area contributed by atoms with Gasteiger partial charge in [-0.3, -0.25) is 9.59 Å². The molecule has 0 unspecified atom stereocenters. The number of nitrogens with zero attached hydrogens (tertiary/aromatic N) is 2. The monoisotopic (exact) mass is 491 g/mol. The summed E-state index contributed by atoms with van der Waals surface area (Å²) in [5, 5.41) is 6.81. The molecule has 0 bridgehead atoms. The number of hydrogen-bond donors (Lipinski definition) is 1. The molecule has 1 fully saturated rings. The van der Waals surface area contributed by atoms with Crippen molar-refractivity contribution in [2.75, 3.05) is 25.0 Å². The number of carbonyl (C=O) groups excluding carboxylic acids is 3. The summed E-state index contributed by atoms with van der Waals surface area (Å²) >= 11 is 0. The minimum atomic E-state index is -0.608. The minimum Gasteiger partial charge on any atom is -0.489 e. The molecule has 4 rings (SSSR count). The molecule has 0 atom stereocenters. The summed E-state index contributed by atoms with van der Waals surface area (Å²) < 4.78 is 16.2. The van der Waals surface area contributed by atoms with Gasteiger partial charge in [0.2, 0.25) is 5.91 Å². The zero-order valence-corrected chi connectivity index (χ0v) is 20.4. The second-order valence-electron chi connectivity index (χ2n) is 8.71. The summed E-state index contributed by atoms with van der Waals surface area (Å²) in [6.45, 7) is 4.43. The van der Waals surface area contributed by atoms with E-state index >= 15 is 0 Å². The van der Waals surface area contributed by atoms with Crippen LogP contribution in [0.4, 0.5) is 5.69 Å². The number of esters is 1. The smallest absolute Gasteiger partial charge is 0.338 e. The summed E-state index contributed by atoms with van der Waals surface area (Å²) in [5.74, 6) is 0.0783. The Labute approximate surface area is 209 Å². The van der Waals surface area contributed by atoms with Gasteiger partial charge in [-0.2, -0.15) is 0 Å². The number of rotatable bonds is 8. The van der Waals surface area contributed by atoms with Crippen molar-refractivity contribution in [1.29, 1.82) is 0 Å². The van der Waals surface area contributed by atoms with Crippen LogP contribution in [0.5, 0.6) is 5.75 Å². The lowest BCUT2D eigenvalue weighted by Gasteiger charge is -2.31. The fourth-order valence-corrected chi connectivity index (χ4v) is 4.04. The van der Waals surface area contributed by atoms with E-state index < -0.39 is 5.97 Å². The minimum absolute atomic E-state index is 0.0452. The Kier molecular flexibility index (Phi) is 7.99. The standard InChI is InChI=1S/C27H29N3O6/c1-18-24(19(2)36-29-18)16-34-23-10-6-7-21(15-23)27(33)35-17-25(31)30-13-11-20(12-14-30)26(32)28-22-8-4-3-5-9-22/h3-10,15,20H,11-14,16-17H2,1-2H3,(H,28,32). The van der Waals surface area contributed by atoms with E-state index in [2.05, 4.69) is 10.5 Å². The fourth-order valence-electron chi connectivity index (χ4n) is 4.04. The van der Waals surface area contributed by atoms with Crippen molar-refractivity contribution in [2.45, 2.75) is 33.3 Å². The molecule has 3 aromatic rings. The molecule has 9 nitrogen and oxygen atoms in total. The first-order valence-electron chi connectivity index (χ1n) is 11.9. The van der Waals surface area contributed by atoms with Crippen molar-refractivity contribution in [2.24, 2.45) is 5.92 Å². The van der Waals surface area contributed by atoms with E-state index in [1.807, 2.05) is 44.2 Å². The highest BCUT2D eigenvalue weighted by molar-refractivity contribution is 5.93. The Bertz CT molecular complexity index is 1200. The van der Waals surface area contributed by atoms with Crippen LogP contribution in [-0.4, -0.2) is 47.5 Å². The number of piperidine rings is 1. The highest BCUT2D eigenvalue weighted by Crippen LogP contribution is 2.21. The van der Waals surface area contributed by atoms with E-state index in [1.165, 1.54) is 0 Å². The van der Waals surface area contributed by atoms with E-state index in [4.69, 9.17) is 14.0 Å². The second-order valence-corrected chi connectivity index (χ2v) is 8.71. The average molecular weight is 492 g/mol. The van der Waals surface area contributed by atoms with Gasteiger partial charge in [0, 0.05) is 24.7 Å². The summed E-state index contributed by atoms with van der Waals surface area (Å²) in [6.07, 6.45) is 1.12. The maximum absolute atomic E-state index is 12.6. The van der Waals surface area contributed by atoms with Gasteiger partial charge in [-0.1, -0.05) is 29.4 Å². The Morgan fingerprint density at radius 2 is 1.81 bits per heavy atom. The van der Waals surface area contributed by atoms with Crippen LogP contribution in [0.25, 0.3) is 0 Å². The predicted octanol–water partition coefficient (Wildman–Crippen LogP) is 3.90. The van der Waals surface area contributed by atoms with Crippen molar-refractivity contribution >= 4 is 23.5 Å². The number of benzene rings is 2. The van der Waals surface area contributed by atoms with Crippen molar-refractivity contribution < 1.29 is 28.4 Å². The number of hydrogen-bond acceptors (Lipinski definition) is 7. The Morgan fingerprint density at radius 1 is 1.06 bits per heavy atom. The lowest BCUT2D eigenvalue weighted by atomic mass is 9.95. The zero-order chi connectivity index (χ0) is 25.5. The number of ether oxygens (including phenoxy) is 2. The Morgan fingerprint density at radius 3 is 2.50 bits per heavy atom. The number of nitrogens with one attached hydrogen (secondary N) is 1. The fraction of sp³-hybridized carbons (Fsp3) is 0.333. The van der Waals surface area contributed by atoms with Gasteiger partial charge in [-0.25, -0.2) is 4.79 Å². The molecule has 1 aromatic heterocycles. The first-order valence-corrected chi connectivity index (χ1v) is 11.9. The van der Waals surface area contributed by atoms with Gasteiger partial charge in [0.05, 0.1) is 16.8 Å². The predicted molar refractivity (Wildman–Crippen MR) is 131 cm³/mol. The Hall–Kier alpha value is -4.14. The molecule has 2 aromatic carbocycles. The number of likely N-dealkylation sites (tertiary alicyclic amines) is 1. The molecular formula is C27H29N3O6. The van der Waals surface area contributed by atoms with Gasteiger partial charge in [-0.15, -0.1) is 0 Å². The number of aromatic nitrogens is 1. The first kappa shape index (κ1) is 25.0. The van der Waals surface area contributed by atoms with E-state index in [0.717, 1.165) is 16.9 Å². The molecule has 0 saturated carbocycles. The normalized spacial score (nSPS) is 13.8. The van der Waals surface area contributed by atoms with Gasteiger partial charge < -0.3 is 24.2 Å². The largest absolute Gasteiger partial charge is 0.489 e. The molecule has 2 heterocycles. The lowest BCUT2D eigenvalue weighted by Crippen LogP contribution is -2.43. The third kappa shape index (κ3) is 6.29. The molecule has 1 aliphatic rings. The van der Waals surface area contributed by atoms with Crippen molar-refractivity contribution in [3.8, 4) is 5.75 Å². The van der Waals surface area contributed by atoms with Crippen LogP contribution in [0.2, 0.25) is 0 Å². The highest BCUT2D eigenvalue weighted by atomic mass is 16.5. The SMILES string of the molecule is Cc1noc(C)c1COc1cccc(C(=O)OCC(=O)N2CCC(C(=O)Nc3ccccc3)CC2)c1. The number of para-hydroxylation sites is 1. The van der Waals surface area contributed by atoms with Crippen LogP contribution >= 0.6 is 0 Å². The van der Waals surface area contributed by atoms with Crippen LogP contribution in [0.3, 0.4) is 0 Å². The van der Waals surface area contributed by atoms with Gasteiger partial charge in [0.1, 0.15) is 18.1 Å². The third-order valence-corrected chi connectivity index (χ3v) is 6.22. The van der Waals surface area contributed by atoms with Crippen LogP contribution in [0.1, 0.15) is 40.2 Å². The van der Waals surface area contributed by atoms with Crippen molar-refractivity contribution in [3.63, 3.8) is 0 Å². The van der Waals surface area contributed by atoms with Crippen LogP contribution < -0.4 is 10.1 Å². The van der Waals surface area contributed by atoms with E-state index in [9.17, 15) is 14.4 Å². The van der Waals surface area contributed by atoms with E-state index in [0.29, 0.717) is 37.4 Å². The number of anilines is 1. The average Bonchev–Trinajstić information content (AvgIpc) is 3.23. The Balaban J connectivity index is 1.22. The van der Waals surface area contributed by atoms with Gasteiger partial charge in [0.15, 0.2) is 6.61 Å². The number of amides is 2. The second kappa shape index (κ2) is 11.5. The van der Waals surface area contributed by atoms with E-state index in [-0.39, 0.29) is 36.5 Å². The van der Waals surface area contributed by atoms with Gasteiger partial charge in [0.25, 0.3) is 5.91 Å². The summed E-state index contributed by atoms with van der Waals surface area (Å²) in [5.41, 5.74) is 2.65. The highest BCUT2D eigenvalue weighted by Gasteiger charge is 2.28. The third-order valence-electron chi connectivity index (χ3n) is 6.22. The molecule has 1 aliphatic heterocycles. The van der Waals surface area contributed by atoms with Crippen LogP contribution in [0.15, 0.2) is 59.1 Å². The summed E-state index contributed by atoms with van der Waals surface area (Å²) in [4.78, 5) is 39.2. The van der Waals surface area contributed by atoms with Gasteiger partial charge in [-0.05, 0) is 57.0 Å². The molecule has 1 saturated heterocycles. The topological polar surface area (TPSA) is 111 Å². The quantitative estimate of drug-likeness (QED) is 0.476. The molecule has 0 spiro atoms. The number of carbonyl (C=O) groups is 3. The molecule has 1 N–H and O–H groups in total. The van der Waals surface area contributed by atoms with Crippen molar-refractivity contribution in [3.05, 3.63) is 77.2 Å². The molecule has 2 amide bonds. The summed E-state index contributed by atoms with van der Waals surface area (Å²) in [7, 11) is 0. The molecule has 0 aliphatic carbocycles. The molecule has 36 heavy (non-hydrogen) atoms. The first-order chi connectivity index (χ1) is 17.4. The molecular weight excluding hydrogens is 462 g/mol.